The highest BCUT2D eigenvalue weighted by Crippen LogP contribution is 2.23. The van der Waals surface area contributed by atoms with Crippen LogP contribution in [0.2, 0.25) is 0 Å². The minimum atomic E-state index is 0. The van der Waals surface area contributed by atoms with E-state index in [4.69, 9.17) is 9.73 Å². The number of halogens is 1. The smallest absolute Gasteiger partial charge is 0.191 e. The van der Waals surface area contributed by atoms with E-state index in [1.807, 2.05) is 0 Å². The van der Waals surface area contributed by atoms with Gasteiger partial charge in [0.2, 0.25) is 0 Å². The Kier molecular flexibility index (Phi) is 11.2. The molecule has 2 unspecified atom stereocenters. The van der Waals surface area contributed by atoms with Crippen molar-refractivity contribution in [1.29, 1.82) is 0 Å². The molecule has 1 aliphatic rings. The van der Waals surface area contributed by atoms with Crippen LogP contribution in [0.25, 0.3) is 0 Å². The fourth-order valence-corrected chi connectivity index (χ4v) is 3.03. The van der Waals surface area contributed by atoms with E-state index in [0.29, 0.717) is 6.04 Å². The summed E-state index contributed by atoms with van der Waals surface area (Å²) >= 11 is 0. The number of aliphatic imine (C=N–C) groups is 1. The van der Waals surface area contributed by atoms with Crippen LogP contribution in [-0.4, -0.2) is 56.3 Å². The van der Waals surface area contributed by atoms with Gasteiger partial charge in [-0.1, -0.05) is 36.8 Å². The number of nitrogens with zero attached hydrogens (tertiary/aromatic N) is 2. The van der Waals surface area contributed by atoms with Gasteiger partial charge < -0.3 is 15.4 Å². The Bertz CT molecular complexity index is 546. The Hall–Kier alpha value is -0.860. The first-order valence-electron chi connectivity index (χ1n) is 9.57. The van der Waals surface area contributed by atoms with Crippen LogP contribution in [0.3, 0.4) is 0 Å². The third-order valence-corrected chi connectivity index (χ3v) is 4.68. The maximum absolute atomic E-state index is 5.54. The minimum Gasteiger partial charge on any atom is -0.379 e. The lowest BCUT2D eigenvalue weighted by molar-refractivity contribution is 0.0179. The Balaban J connectivity index is 0.00000338. The van der Waals surface area contributed by atoms with E-state index in [1.54, 1.807) is 0 Å². The SMILES string of the molecule is CCNC(=NCC(c1cccc(C)c1)N1CCOCC1)NC(C)CC.I. The number of rotatable bonds is 7. The second-order valence-electron chi connectivity index (χ2n) is 6.75. The molecule has 0 radical (unpaired) electrons. The molecule has 6 heteroatoms. The van der Waals surface area contributed by atoms with Crippen LogP contribution in [0.4, 0.5) is 0 Å². The monoisotopic (exact) mass is 474 g/mol. The molecule has 0 aliphatic carbocycles. The second kappa shape index (κ2) is 12.5. The molecule has 0 saturated carbocycles. The Labute approximate surface area is 176 Å². The van der Waals surface area contributed by atoms with Crippen LogP contribution in [0.1, 0.15) is 44.4 Å². The van der Waals surface area contributed by atoms with Gasteiger partial charge in [-0.25, -0.2) is 0 Å². The summed E-state index contributed by atoms with van der Waals surface area (Å²) in [5, 5.41) is 6.85. The normalized spacial score (nSPS) is 17.9. The zero-order chi connectivity index (χ0) is 18.1. The largest absolute Gasteiger partial charge is 0.379 e. The molecule has 2 N–H and O–H groups in total. The summed E-state index contributed by atoms with van der Waals surface area (Å²) in [6.45, 7) is 13.8. The van der Waals surface area contributed by atoms with Crippen LogP contribution in [0.15, 0.2) is 29.3 Å². The molecule has 1 saturated heterocycles. The number of aryl methyl sites for hydroxylation is 1. The van der Waals surface area contributed by atoms with Crippen LogP contribution >= 0.6 is 24.0 Å². The molecule has 5 nitrogen and oxygen atoms in total. The van der Waals surface area contributed by atoms with Gasteiger partial charge >= 0.3 is 0 Å². The lowest BCUT2D eigenvalue weighted by Crippen LogP contribution is -2.43. The molecular weight excluding hydrogens is 439 g/mol. The summed E-state index contributed by atoms with van der Waals surface area (Å²) < 4.78 is 5.54. The van der Waals surface area contributed by atoms with Crippen molar-refractivity contribution in [2.45, 2.75) is 46.2 Å². The standard InChI is InChI=1S/C20H34N4O.HI/c1-5-17(4)23-20(21-6-2)22-15-19(24-10-12-25-13-11-24)18-9-7-8-16(3)14-18;/h7-9,14,17,19H,5-6,10-13,15H2,1-4H3,(H2,21,22,23);1H. The summed E-state index contributed by atoms with van der Waals surface area (Å²) in [5.74, 6) is 0.905. The van der Waals surface area contributed by atoms with Gasteiger partial charge in [0.05, 0.1) is 25.8 Å². The van der Waals surface area contributed by atoms with Gasteiger partial charge in [-0.3, -0.25) is 9.89 Å². The summed E-state index contributed by atoms with van der Waals surface area (Å²) in [5.41, 5.74) is 2.63. The zero-order valence-electron chi connectivity index (χ0n) is 16.6. The molecule has 1 heterocycles. The van der Waals surface area contributed by atoms with Crippen molar-refractivity contribution in [2.24, 2.45) is 4.99 Å². The van der Waals surface area contributed by atoms with Crippen molar-refractivity contribution >= 4 is 29.9 Å². The number of hydrogen-bond donors (Lipinski definition) is 2. The molecule has 148 valence electrons. The Morgan fingerprint density at radius 2 is 2.00 bits per heavy atom. The van der Waals surface area contributed by atoms with Crippen molar-refractivity contribution in [1.82, 2.24) is 15.5 Å². The first kappa shape index (κ1) is 23.2. The molecule has 2 atom stereocenters. The highest BCUT2D eigenvalue weighted by molar-refractivity contribution is 14.0. The Morgan fingerprint density at radius 3 is 2.62 bits per heavy atom. The number of morpholine rings is 1. The number of guanidine groups is 1. The van der Waals surface area contributed by atoms with E-state index in [0.717, 1.165) is 51.8 Å². The number of nitrogens with one attached hydrogen (secondary N) is 2. The van der Waals surface area contributed by atoms with E-state index in [9.17, 15) is 0 Å². The number of hydrogen-bond acceptors (Lipinski definition) is 3. The van der Waals surface area contributed by atoms with E-state index in [1.165, 1.54) is 11.1 Å². The molecule has 0 spiro atoms. The fraction of sp³-hybridized carbons (Fsp3) is 0.650. The second-order valence-corrected chi connectivity index (χ2v) is 6.75. The van der Waals surface area contributed by atoms with Gasteiger partial charge in [-0.05, 0) is 32.8 Å². The van der Waals surface area contributed by atoms with Gasteiger partial charge in [0, 0.05) is 25.7 Å². The molecule has 1 aromatic carbocycles. The number of ether oxygens (including phenoxy) is 1. The van der Waals surface area contributed by atoms with Gasteiger partial charge in [-0.15, -0.1) is 24.0 Å². The summed E-state index contributed by atoms with van der Waals surface area (Å²) in [6, 6.07) is 9.50. The average Bonchev–Trinajstić information content (AvgIpc) is 2.63. The van der Waals surface area contributed by atoms with E-state index < -0.39 is 0 Å². The molecule has 2 rings (SSSR count). The van der Waals surface area contributed by atoms with Crippen molar-refractivity contribution in [3.05, 3.63) is 35.4 Å². The molecule has 1 aromatic rings. The van der Waals surface area contributed by atoms with E-state index in [2.05, 4.69) is 67.5 Å². The van der Waals surface area contributed by atoms with Crippen LogP contribution in [0, 0.1) is 6.92 Å². The molecule has 1 aliphatic heterocycles. The van der Waals surface area contributed by atoms with Crippen LogP contribution in [-0.2, 0) is 4.74 Å². The van der Waals surface area contributed by atoms with Crippen LogP contribution < -0.4 is 10.6 Å². The third-order valence-electron chi connectivity index (χ3n) is 4.68. The van der Waals surface area contributed by atoms with Gasteiger partial charge in [0.15, 0.2) is 5.96 Å². The predicted octanol–water partition coefficient (Wildman–Crippen LogP) is 3.34. The highest BCUT2D eigenvalue weighted by Gasteiger charge is 2.22. The highest BCUT2D eigenvalue weighted by atomic mass is 127. The Morgan fingerprint density at radius 1 is 1.27 bits per heavy atom. The average molecular weight is 474 g/mol. The van der Waals surface area contributed by atoms with E-state index in [-0.39, 0.29) is 30.0 Å². The van der Waals surface area contributed by atoms with Gasteiger partial charge in [0.25, 0.3) is 0 Å². The first-order chi connectivity index (χ1) is 12.1. The summed E-state index contributed by atoms with van der Waals surface area (Å²) in [6.07, 6.45) is 1.08. The molecule has 0 bridgehead atoms. The molecular formula is C20H35IN4O. The minimum absolute atomic E-state index is 0. The van der Waals surface area contributed by atoms with E-state index >= 15 is 0 Å². The topological polar surface area (TPSA) is 48.9 Å². The van der Waals surface area contributed by atoms with Crippen molar-refractivity contribution in [3.8, 4) is 0 Å². The lowest BCUT2D eigenvalue weighted by atomic mass is 10.0. The van der Waals surface area contributed by atoms with Gasteiger partial charge in [0.1, 0.15) is 0 Å². The fourth-order valence-electron chi connectivity index (χ4n) is 3.03. The molecule has 0 amide bonds. The lowest BCUT2D eigenvalue weighted by Gasteiger charge is -2.34. The summed E-state index contributed by atoms with van der Waals surface area (Å²) in [4.78, 5) is 7.39. The van der Waals surface area contributed by atoms with Crippen molar-refractivity contribution < 1.29 is 4.74 Å². The third kappa shape index (κ3) is 7.40. The van der Waals surface area contributed by atoms with Gasteiger partial charge in [-0.2, -0.15) is 0 Å². The van der Waals surface area contributed by atoms with Crippen molar-refractivity contribution in [2.75, 3.05) is 39.4 Å². The quantitative estimate of drug-likeness (QED) is 0.362. The molecule has 26 heavy (non-hydrogen) atoms. The summed E-state index contributed by atoms with van der Waals surface area (Å²) in [7, 11) is 0. The zero-order valence-corrected chi connectivity index (χ0v) is 19.0. The molecule has 0 aromatic heterocycles. The number of benzene rings is 1. The van der Waals surface area contributed by atoms with Crippen molar-refractivity contribution in [3.63, 3.8) is 0 Å². The van der Waals surface area contributed by atoms with Crippen LogP contribution in [0.5, 0.6) is 0 Å². The molecule has 1 fully saturated rings. The maximum atomic E-state index is 5.54. The maximum Gasteiger partial charge on any atom is 0.191 e. The first-order valence-corrected chi connectivity index (χ1v) is 9.57. The predicted molar refractivity (Wildman–Crippen MR) is 121 cm³/mol.